The summed E-state index contributed by atoms with van der Waals surface area (Å²) in [6.07, 6.45) is 0.966. The Morgan fingerprint density at radius 2 is 1.71 bits per heavy atom. The maximum absolute atomic E-state index is 5.92. The van der Waals surface area contributed by atoms with Crippen molar-refractivity contribution in [1.29, 1.82) is 0 Å². The monoisotopic (exact) mass is 284 g/mol. The van der Waals surface area contributed by atoms with Gasteiger partial charge in [-0.25, -0.2) is 0 Å². The van der Waals surface area contributed by atoms with E-state index in [1.165, 1.54) is 5.56 Å². The summed E-state index contributed by atoms with van der Waals surface area (Å²) >= 11 is 0. The topological polar surface area (TPSA) is 47.3 Å². The van der Waals surface area contributed by atoms with Crippen molar-refractivity contribution in [2.45, 2.75) is 33.1 Å². The Kier molecular flexibility index (Phi) is 5.09. The summed E-state index contributed by atoms with van der Waals surface area (Å²) in [6.45, 7) is 7.14. The van der Waals surface area contributed by atoms with Crippen LogP contribution in [0, 0.1) is 0 Å². The van der Waals surface area contributed by atoms with E-state index in [1.807, 2.05) is 18.2 Å². The van der Waals surface area contributed by atoms with Gasteiger partial charge in [0.2, 0.25) is 0 Å². The smallest absolute Gasteiger partial charge is 0.144 e. The molecule has 0 heterocycles. The van der Waals surface area contributed by atoms with Gasteiger partial charge in [0.05, 0.1) is 12.3 Å². The van der Waals surface area contributed by atoms with Gasteiger partial charge in [0.15, 0.2) is 0 Å². The van der Waals surface area contributed by atoms with E-state index in [0.29, 0.717) is 18.2 Å². The highest BCUT2D eigenvalue weighted by atomic mass is 16.5. The van der Waals surface area contributed by atoms with E-state index in [0.717, 1.165) is 23.5 Å². The number of rotatable bonds is 6. The van der Waals surface area contributed by atoms with Gasteiger partial charge in [0, 0.05) is 17.4 Å². The Balaban J connectivity index is 2.11. The van der Waals surface area contributed by atoms with Crippen LogP contribution in [0.15, 0.2) is 42.5 Å². The molecule has 0 saturated carbocycles. The van der Waals surface area contributed by atoms with Crippen LogP contribution in [0.2, 0.25) is 0 Å². The maximum atomic E-state index is 5.92. The van der Waals surface area contributed by atoms with Crippen LogP contribution in [0.25, 0.3) is 0 Å². The number of hydrogen-bond donors (Lipinski definition) is 2. The van der Waals surface area contributed by atoms with Crippen LogP contribution < -0.4 is 15.8 Å². The Bertz CT molecular complexity index is 576. The molecule has 0 aromatic heterocycles. The number of benzene rings is 2. The molecule has 0 aliphatic carbocycles. The largest absolute Gasteiger partial charge is 0.491 e. The van der Waals surface area contributed by atoms with Gasteiger partial charge in [0.25, 0.3) is 0 Å². The highest BCUT2D eigenvalue weighted by molar-refractivity contribution is 5.66. The molecular formula is C18H24N2O. The molecule has 3 heteroatoms. The molecule has 3 N–H and O–H groups in total. The van der Waals surface area contributed by atoms with E-state index >= 15 is 0 Å². The summed E-state index contributed by atoms with van der Waals surface area (Å²) in [5, 5.41) is 3.38. The quantitative estimate of drug-likeness (QED) is 0.740. The van der Waals surface area contributed by atoms with E-state index in [2.05, 4.69) is 50.4 Å². The van der Waals surface area contributed by atoms with Gasteiger partial charge in [-0.1, -0.05) is 32.9 Å². The van der Waals surface area contributed by atoms with Crippen molar-refractivity contribution in [1.82, 2.24) is 0 Å². The first-order chi connectivity index (χ1) is 10.1. The molecule has 0 radical (unpaired) electrons. The van der Waals surface area contributed by atoms with E-state index in [1.54, 1.807) is 0 Å². The average molecular weight is 284 g/mol. The second-order valence-electron chi connectivity index (χ2n) is 5.50. The fourth-order valence-electron chi connectivity index (χ4n) is 2.07. The lowest BCUT2D eigenvalue weighted by Crippen LogP contribution is -2.00. The molecule has 3 nitrogen and oxygen atoms in total. The van der Waals surface area contributed by atoms with Crippen LogP contribution in [-0.4, -0.2) is 6.61 Å². The Morgan fingerprint density at radius 1 is 1.05 bits per heavy atom. The first-order valence-corrected chi connectivity index (χ1v) is 7.49. The number of hydrogen-bond acceptors (Lipinski definition) is 3. The zero-order valence-corrected chi connectivity index (χ0v) is 13.0. The Hall–Kier alpha value is -2.16. The second-order valence-corrected chi connectivity index (χ2v) is 5.50. The number of nitrogen functional groups attached to an aromatic ring is 1. The van der Waals surface area contributed by atoms with Crippen LogP contribution in [0.4, 0.5) is 17.1 Å². The van der Waals surface area contributed by atoms with Crippen LogP contribution in [0.3, 0.4) is 0 Å². The Morgan fingerprint density at radius 3 is 2.33 bits per heavy atom. The molecule has 0 bridgehead atoms. The van der Waals surface area contributed by atoms with Crippen LogP contribution in [-0.2, 0) is 0 Å². The molecule has 2 rings (SSSR count). The van der Waals surface area contributed by atoms with Crippen molar-refractivity contribution in [3.63, 3.8) is 0 Å². The Labute approximate surface area is 127 Å². The standard InChI is InChI=1S/C18H24N2O/c1-4-11-21-18-12-16(9-10-17(18)19)20-15-7-5-14(6-8-15)13(2)3/h5-10,12-13,20H,4,11,19H2,1-3H3. The molecule has 0 unspecified atom stereocenters. The second kappa shape index (κ2) is 7.02. The minimum atomic E-state index is 0.546. The van der Waals surface area contributed by atoms with Crippen molar-refractivity contribution in [3.8, 4) is 5.75 Å². The lowest BCUT2D eigenvalue weighted by Gasteiger charge is -2.12. The molecule has 112 valence electrons. The average Bonchev–Trinajstić information content (AvgIpc) is 2.48. The van der Waals surface area contributed by atoms with Gasteiger partial charge in [-0.05, 0) is 42.2 Å². The zero-order chi connectivity index (χ0) is 15.2. The molecule has 0 fully saturated rings. The predicted octanol–water partition coefficient (Wildman–Crippen LogP) is 4.92. The summed E-state index contributed by atoms with van der Waals surface area (Å²) in [5.41, 5.74) is 9.97. The maximum Gasteiger partial charge on any atom is 0.144 e. The minimum absolute atomic E-state index is 0.546. The third-order valence-electron chi connectivity index (χ3n) is 3.34. The lowest BCUT2D eigenvalue weighted by atomic mass is 10.0. The highest BCUT2D eigenvalue weighted by Gasteiger charge is 2.03. The molecule has 0 saturated heterocycles. The number of ether oxygens (including phenoxy) is 1. The number of nitrogens with two attached hydrogens (primary N) is 1. The fourth-order valence-corrected chi connectivity index (χ4v) is 2.07. The van der Waals surface area contributed by atoms with E-state index in [9.17, 15) is 0 Å². The molecule has 0 spiro atoms. The van der Waals surface area contributed by atoms with Gasteiger partial charge >= 0.3 is 0 Å². The van der Waals surface area contributed by atoms with Crippen molar-refractivity contribution < 1.29 is 4.74 Å². The van der Waals surface area contributed by atoms with Crippen molar-refractivity contribution in [2.75, 3.05) is 17.7 Å². The molecule has 2 aromatic rings. The molecule has 0 amide bonds. The minimum Gasteiger partial charge on any atom is -0.491 e. The fraction of sp³-hybridized carbons (Fsp3) is 0.333. The molecule has 2 aromatic carbocycles. The van der Waals surface area contributed by atoms with Gasteiger partial charge in [-0.2, -0.15) is 0 Å². The zero-order valence-electron chi connectivity index (χ0n) is 13.0. The SMILES string of the molecule is CCCOc1cc(Nc2ccc(C(C)C)cc2)ccc1N. The van der Waals surface area contributed by atoms with Crippen molar-refractivity contribution in [2.24, 2.45) is 0 Å². The summed E-state index contributed by atoms with van der Waals surface area (Å²) in [7, 11) is 0. The summed E-state index contributed by atoms with van der Waals surface area (Å²) in [6, 6.07) is 14.3. The van der Waals surface area contributed by atoms with Crippen LogP contribution in [0.1, 0.15) is 38.7 Å². The first-order valence-electron chi connectivity index (χ1n) is 7.49. The molecule has 0 aliphatic rings. The van der Waals surface area contributed by atoms with Gasteiger partial charge in [-0.15, -0.1) is 0 Å². The normalized spacial score (nSPS) is 10.7. The molecule has 0 aliphatic heterocycles. The molecule has 21 heavy (non-hydrogen) atoms. The number of anilines is 3. The van der Waals surface area contributed by atoms with Gasteiger partial charge in [0.1, 0.15) is 5.75 Å². The van der Waals surface area contributed by atoms with Crippen molar-refractivity contribution in [3.05, 3.63) is 48.0 Å². The number of nitrogens with one attached hydrogen (secondary N) is 1. The summed E-state index contributed by atoms with van der Waals surface area (Å²) in [4.78, 5) is 0. The third-order valence-corrected chi connectivity index (χ3v) is 3.34. The van der Waals surface area contributed by atoms with E-state index in [-0.39, 0.29) is 0 Å². The lowest BCUT2D eigenvalue weighted by molar-refractivity contribution is 0.319. The highest BCUT2D eigenvalue weighted by Crippen LogP contribution is 2.28. The summed E-state index contributed by atoms with van der Waals surface area (Å²) < 4.78 is 5.65. The van der Waals surface area contributed by atoms with E-state index in [4.69, 9.17) is 10.5 Å². The van der Waals surface area contributed by atoms with E-state index < -0.39 is 0 Å². The van der Waals surface area contributed by atoms with Crippen molar-refractivity contribution >= 4 is 17.1 Å². The van der Waals surface area contributed by atoms with Crippen LogP contribution >= 0.6 is 0 Å². The van der Waals surface area contributed by atoms with Gasteiger partial charge < -0.3 is 15.8 Å². The third kappa shape index (κ3) is 4.15. The predicted molar refractivity (Wildman–Crippen MR) is 90.5 cm³/mol. The van der Waals surface area contributed by atoms with Crippen LogP contribution in [0.5, 0.6) is 5.75 Å². The first kappa shape index (κ1) is 15.2. The van der Waals surface area contributed by atoms with Gasteiger partial charge in [-0.3, -0.25) is 0 Å². The molecule has 0 atom stereocenters. The summed E-state index contributed by atoms with van der Waals surface area (Å²) in [5.74, 6) is 1.28. The molecular weight excluding hydrogens is 260 g/mol.